The van der Waals surface area contributed by atoms with Gasteiger partial charge in [-0.2, -0.15) is 0 Å². The number of methoxy groups -OCH3 is 1. The Kier molecular flexibility index (Phi) is 5.45. The minimum atomic E-state index is -0.761. The molecule has 5 heteroatoms. The van der Waals surface area contributed by atoms with Crippen molar-refractivity contribution in [3.63, 3.8) is 0 Å². The molecule has 1 heterocycles. The van der Waals surface area contributed by atoms with Gasteiger partial charge in [-0.3, -0.25) is 9.69 Å². The van der Waals surface area contributed by atoms with E-state index in [9.17, 15) is 9.90 Å². The number of nitrogens with zero attached hydrogens (tertiary/aromatic N) is 1. The average Bonchev–Trinajstić information content (AvgIpc) is 3.07. The number of likely N-dealkylation sites (tertiary alicyclic amines) is 1. The zero-order valence-corrected chi connectivity index (χ0v) is 16.0. The molecule has 2 aromatic rings. The van der Waals surface area contributed by atoms with Gasteiger partial charge in [-0.05, 0) is 43.5 Å². The molecule has 1 saturated heterocycles. The Morgan fingerprint density at radius 2 is 2.00 bits per heavy atom. The third kappa shape index (κ3) is 3.72. The van der Waals surface area contributed by atoms with Gasteiger partial charge in [0.05, 0.1) is 13.2 Å². The highest BCUT2D eigenvalue weighted by Gasteiger charge is 2.37. The second kappa shape index (κ2) is 7.58. The number of ether oxygens (including phenoxy) is 1. The van der Waals surface area contributed by atoms with Crippen LogP contribution in [0.5, 0.6) is 5.75 Å². The summed E-state index contributed by atoms with van der Waals surface area (Å²) in [7, 11) is 1.65. The van der Waals surface area contributed by atoms with E-state index in [1.807, 2.05) is 25.1 Å². The quantitative estimate of drug-likeness (QED) is 0.803. The van der Waals surface area contributed by atoms with Crippen LogP contribution in [0.15, 0.2) is 46.9 Å². The molecule has 0 aliphatic carbocycles. The van der Waals surface area contributed by atoms with E-state index < -0.39 is 12.0 Å². The summed E-state index contributed by atoms with van der Waals surface area (Å²) in [6, 6.07) is 13.6. The number of halogens is 1. The Labute approximate surface area is 156 Å². The first-order valence-electron chi connectivity index (χ1n) is 8.40. The Hall–Kier alpha value is -1.85. The monoisotopic (exact) mass is 403 g/mol. The normalized spacial score (nSPS) is 18.9. The van der Waals surface area contributed by atoms with E-state index in [1.165, 1.54) is 5.56 Å². The van der Waals surface area contributed by atoms with Crippen LogP contribution in [-0.4, -0.2) is 35.7 Å². The summed E-state index contributed by atoms with van der Waals surface area (Å²) >= 11 is 3.54. The largest absolute Gasteiger partial charge is 0.496 e. The Balaban J connectivity index is 2.14. The molecular weight excluding hydrogens is 382 g/mol. The summed E-state index contributed by atoms with van der Waals surface area (Å²) in [5.41, 5.74) is 3.24. The van der Waals surface area contributed by atoms with Gasteiger partial charge in [0.1, 0.15) is 11.8 Å². The van der Waals surface area contributed by atoms with Crippen LogP contribution < -0.4 is 4.74 Å². The number of carbonyl (C=O) groups is 1. The molecule has 4 nitrogen and oxygen atoms in total. The summed E-state index contributed by atoms with van der Waals surface area (Å²) in [6.07, 6.45) is 1.56. The molecule has 25 heavy (non-hydrogen) atoms. The van der Waals surface area contributed by atoms with Crippen molar-refractivity contribution in [3.8, 4) is 5.75 Å². The molecular formula is C20H22BrNO3. The van der Waals surface area contributed by atoms with Gasteiger partial charge in [0.2, 0.25) is 0 Å². The van der Waals surface area contributed by atoms with Gasteiger partial charge in [-0.15, -0.1) is 0 Å². The molecule has 0 aromatic heterocycles. The highest BCUT2D eigenvalue weighted by molar-refractivity contribution is 9.10. The van der Waals surface area contributed by atoms with Crippen molar-refractivity contribution >= 4 is 21.9 Å². The lowest BCUT2D eigenvalue weighted by Gasteiger charge is -2.33. The lowest BCUT2D eigenvalue weighted by atomic mass is 9.94. The van der Waals surface area contributed by atoms with Crippen LogP contribution in [0.4, 0.5) is 0 Å². The fourth-order valence-electron chi connectivity index (χ4n) is 3.58. The van der Waals surface area contributed by atoms with E-state index in [0.29, 0.717) is 6.42 Å². The highest BCUT2D eigenvalue weighted by atomic mass is 79.9. The zero-order valence-electron chi connectivity index (χ0n) is 14.4. The highest BCUT2D eigenvalue weighted by Crippen LogP contribution is 2.40. The molecule has 0 spiro atoms. The number of hydrogen-bond donors (Lipinski definition) is 1. The van der Waals surface area contributed by atoms with Crippen molar-refractivity contribution in [1.29, 1.82) is 0 Å². The predicted octanol–water partition coefficient (Wildman–Crippen LogP) is 4.40. The first-order valence-corrected chi connectivity index (χ1v) is 9.19. The molecule has 3 rings (SSSR count). The van der Waals surface area contributed by atoms with Crippen LogP contribution in [-0.2, 0) is 4.79 Å². The van der Waals surface area contributed by atoms with Crippen LogP contribution in [0, 0.1) is 6.92 Å². The van der Waals surface area contributed by atoms with Crippen molar-refractivity contribution < 1.29 is 14.6 Å². The molecule has 1 fully saturated rings. The van der Waals surface area contributed by atoms with E-state index in [-0.39, 0.29) is 6.04 Å². The van der Waals surface area contributed by atoms with E-state index >= 15 is 0 Å². The molecule has 1 aliphatic heterocycles. The van der Waals surface area contributed by atoms with Crippen molar-refractivity contribution in [2.45, 2.75) is 31.8 Å². The Bertz CT molecular complexity index is 760. The van der Waals surface area contributed by atoms with Crippen molar-refractivity contribution in [1.82, 2.24) is 4.90 Å². The number of carboxylic acid groups (broad SMARTS) is 1. The number of rotatable bonds is 5. The average molecular weight is 404 g/mol. The van der Waals surface area contributed by atoms with Crippen LogP contribution >= 0.6 is 15.9 Å². The lowest BCUT2D eigenvalue weighted by molar-refractivity contribution is -0.142. The number of aryl methyl sites for hydroxylation is 1. The predicted molar refractivity (Wildman–Crippen MR) is 101 cm³/mol. The first-order chi connectivity index (χ1) is 12.0. The number of aliphatic carboxylic acids is 1. The third-order valence-electron chi connectivity index (χ3n) is 4.79. The van der Waals surface area contributed by atoms with Gasteiger partial charge in [0.25, 0.3) is 0 Å². The number of carboxylic acids is 1. The second-order valence-electron chi connectivity index (χ2n) is 6.43. The van der Waals surface area contributed by atoms with Crippen molar-refractivity contribution in [3.05, 3.63) is 63.6 Å². The van der Waals surface area contributed by atoms with Gasteiger partial charge in [0.15, 0.2) is 0 Å². The minimum absolute atomic E-state index is 0.156. The molecule has 0 amide bonds. The van der Waals surface area contributed by atoms with Crippen LogP contribution in [0.25, 0.3) is 0 Å². The van der Waals surface area contributed by atoms with E-state index in [0.717, 1.165) is 34.3 Å². The van der Waals surface area contributed by atoms with Gasteiger partial charge < -0.3 is 9.84 Å². The summed E-state index contributed by atoms with van der Waals surface area (Å²) in [6.45, 7) is 2.81. The van der Waals surface area contributed by atoms with Gasteiger partial charge in [-0.1, -0.05) is 45.8 Å². The van der Waals surface area contributed by atoms with Crippen molar-refractivity contribution in [2.75, 3.05) is 13.7 Å². The molecule has 0 saturated carbocycles. The zero-order chi connectivity index (χ0) is 18.0. The van der Waals surface area contributed by atoms with Crippen molar-refractivity contribution in [2.24, 2.45) is 0 Å². The van der Waals surface area contributed by atoms with Crippen LogP contribution in [0.2, 0.25) is 0 Å². The maximum atomic E-state index is 11.8. The standard InChI is InChI=1S/C20H22BrNO3/c1-13-5-7-14(8-6-13)19(22-11-3-4-17(22)20(23)24)16-12-15(21)9-10-18(16)25-2/h5-10,12,17,19H,3-4,11H2,1-2H3,(H,23,24). The van der Waals surface area contributed by atoms with E-state index in [1.54, 1.807) is 7.11 Å². The summed E-state index contributed by atoms with van der Waals surface area (Å²) < 4.78 is 6.54. The van der Waals surface area contributed by atoms with E-state index in [4.69, 9.17) is 4.74 Å². The Morgan fingerprint density at radius 1 is 1.28 bits per heavy atom. The second-order valence-corrected chi connectivity index (χ2v) is 7.35. The van der Waals surface area contributed by atoms with Crippen LogP contribution in [0.1, 0.15) is 35.6 Å². The maximum Gasteiger partial charge on any atom is 0.320 e. The molecule has 0 bridgehead atoms. The maximum absolute atomic E-state index is 11.8. The third-order valence-corrected chi connectivity index (χ3v) is 5.28. The molecule has 0 radical (unpaired) electrons. The van der Waals surface area contributed by atoms with Gasteiger partial charge in [0, 0.05) is 16.6 Å². The van der Waals surface area contributed by atoms with Gasteiger partial charge >= 0.3 is 5.97 Å². The fourth-order valence-corrected chi connectivity index (χ4v) is 3.96. The Morgan fingerprint density at radius 3 is 2.64 bits per heavy atom. The number of hydrogen-bond acceptors (Lipinski definition) is 3. The topological polar surface area (TPSA) is 49.8 Å². The lowest BCUT2D eigenvalue weighted by Crippen LogP contribution is -2.39. The molecule has 2 aromatic carbocycles. The smallest absolute Gasteiger partial charge is 0.320 e. The molecule has 1 aliphatic rings. The van der Waals surface area contributed by atoms with Gasteiger partial charge in [-0.25, -0.2) is 0 Å². The SMILES string of the molecule is COc1ccc(Br)cc1C(c1ccc(C)cc1)N1CCCC1C(=O)O. The summed E-state index contributed by atoms with van der Waals surface area (Å²) in [5.74, 6) is 0.00777. The molecule has 132 valence electrons. The molecule has 2 unspecified atom stereocenters. The first kappa shape index (κ1) is 18.0. The summed E-state index contributed by atoms with van der Waals surface area (Å²) in [4.78, 5) is 13.9. The molecule has 1 N–H and O–H groups in total. The van der Waals surface area contributed by atoms with Crippen LogP contribution in [0.3, 0.4) is 0 Å². The number of benzene rings is 2. The minimum Gasteiger partial charge on any atom is -0.496 e. The summed E-state index contributed by atoms with van der Waals surface area (Å²) in [5, 5.41) is 9.67. The van der Waals surface area contributed by atoms with E-state index in [2.05, 4.69) is 45.1 Å². The fraction of sp³-hybridized carbons (Fsp3) is 0.350. The molecule has 2 atom stereocenters.